The lowest BCUT2D eigenvalue weighted by Crippen LogP contribution is -2.32. The van der Waals surface area contributed by atoms with Crippen molar-refractivity contribution in [2.75, 3.05) is 4.90 Å². The van der Waals surface area contributed by atoms with Crippen molar-refractivity contribution in [1.29, 1.82) is 0 Å². The van der Waals surface area contributed by atoms with E-state index in [9.17, 15) is 14.0 Å². The molecule has 1 amide bonds. The van der Waals surface area contributed by atoms with Gasteiger partial charge in [0.15, 0.2) is 10.9 Å². The van der Waals surface area contributed by atoms with Gasteiger partial charge in [0, 0.05) is 24.6 Å². The summed E-state index contributed by atoms with van der Waals surface area (Å²) < 4.78 is 18.9. The van der Waals surface area contributed by atoms with Crippen molar-refractivity contribution >= 4 is 39.5 Å². The normalized spacial score (nSPS) is 13.3. The number of Topliss-reactive ketones (excluding diaryl/α,β-unsaturated/α-hetero) is 1. The molecule has 1 aliphatic rings. The molecule has 1 aliphatic carbocycles. The molecule has 3 aromatic rings. The van der Waals surface area contributed by atoms with E-state index in [0.29, 0.717) is 26.3 Å². The zero-order valence-electron chi connectivity index (χ0n) is 16.0. The summed E-state index contributed by atoms with van der Waals surface area (Å²) in [4.78, 5) is 32.3. The number of ketones is 1. The van der Waals surface area contributed by atoms with Gasteiger partial charge >= 0.3 is 0 Å². The van der Waals surface area contributed by atoms with E-state index >= 15 is 0 Å². The fourth-order valence-electron chi connectivity index (χ4n) is 2.96. The number of hydrogen-bond donors (Lipinski definition) is 0. The number of amides is 1. The summed E-state index contributed by atoms with van der Waals surface area (Å²) in [6.07, 6.45) is 1.86. The number of anilines is 1. The molecule has 150 valence electrons. The Morgan fingerprint density at radius 2 is 2.10 bits per heavy atom. The summed E-state index contributed by atoms with van der Waals surface area (Å²) in [6, 6.07) is 7.89. The number of aryl methyl sites for hydroxylation is 1. The molecule has 1 saturated carbocycles. The van der Waals surface area contributed by atoms with Crippen LogP contribution in [-0.2, 0) is 6.61 Å². The third-order valence-electron chi connectivity index (χ3n) is 4.51. The van der Waals surface area contributed by atoms with Crippen LogP contribution in [0.1, 0.15) is 50.4 Å². The maximum Gasteiger partial charge on any atom is 0.270 e. The van der Waals surface area contributed by atoms with Crippen LogP contribution in [0.4, 0.5) is 9.52 Å². The fourth-order valence-corrected chi connectivity index (χ4v) is 4.82. The molecule has 2 aromatic heterocycles. The average molecular weight is 431 g/mol. The number of carbonyl (C=O) groups is 2. The Labute approximate surface area is 175 Å². The summed E-state index contributed by atoms with van der Waals surface area (Å²) in [6.45, 7) is 3.55. The molecule has 5 nitrogen and oxygen atoms in total. The summed E-state index contributed by atoms with van der Waals surface area (Å²) in [5.74, 6) is -0.0631. The molecule has 0 N–H and O–H groups in total. The van der Waals surface area contributed by atoms with Gasteiger partial charge in [0.05, 0.1) is 15.4 Å². The third-order valence-corrected chi connectivity index (χ3v) is 6.73. The van der Waals surface area contributed by atoms with Crippen LogP contribution < -0.4 is 9.64 Å². The van der Waals surface area contributed by atoms with Crippen LogP contribution in [0.15, 0.2) is 35.7 Å². The zero-order chi connectivity index (χ0) is 20.5. The van der Waals surface area contributed by atoms with Crippen LogP contribution in [0.2, 0.25) is 0 Å². The minimum Gasteiger partial charge on any atom is -0.489 e. The van der Waals surface area contributed by atoms with Crippen LogP contribution in [0.3, 0.4) is 0 Å². The smallest absolute Gasteiger partial charge is 0.270 e. The molecule has 0 radical (unpaired) electrons. The van der Waals surface area contributed by atoms with Crippen molar-refractivity contribution in [3.8, 4) is 5.75 Å². The van der Waals surface area contributed by atoms with E-state index in [1.165, 1.54) is 41.7 Å². The summed E-state index contributed by atoms with van der Waals surface area (Å²) >= 11 is 2.62. The molecular formula is C21H19FN2O3S2. The predicted octanol–water partition coefficient (Wildman–Crippen LogP) is 5.24. The molecule has 0 spiro atoms. The van der Waals surface area contributed by atoms with Crippen LogP contribution in [-0.4, -0.2) is 22.7 Å². The molecule has 1 fully saturated rings. The van der Waals surface area contributed by atoms with Crippen molar-refractivity contribution in [3.05, 3.63) is 62.5 Å². The zero-order valence-corrected chi connectivity index (χ0v) is 17.6. The van der Waals surface area contributed by atoms with Gasteiger partial charge < -0.3 is 4.74 Å². The fraction of sp³-hybridized carbons (Fsp3) is 0.286. The minimum atomic E-state index is -0.354. The number of thiazole rings is 1. The molecule has 0 unspecified atom stereocenters. The number of halogens is 1. The molecule has 0 aliphatic heterocycles. The van der Waals surface area contributed by atoms with E-state index in [2.05, 4.69) is 4.98 Å². The first kappa shape index (κ1) is 19.7. The Morgan fingerprint density at radius 1 is 1.31 bits per heavy atom. The largest absolute Gasteiger partial charge is 0.489 e. The van der Waals surface area contributed by atoms with E-state index < -0.39 is 0 Å². The van der Waals surface area contributed by atoms with E-state index in [0.717, 1.165) is 18.4 Å². The maximum atomic E-state index is 13.3. The Hall–Kier alpha value is -2.58. The second-order valence-electron chi connectivity index (χ2n) is 6.94. The van der Waals surface area contributed by atoms with Crippen molar-refractivity contribution in [2.24, 2.45) is 0 Å². The van der Waals surface area contributed by atoms with Crippen molar-refractivity contribution < 1.29 is 18.7 Å². The molecule has 0 saturated heterocycles. The maximum absolute atomic E-state index is 13.3. The number of carbonyl (C=O) groups excluding carboxylic acids is 2. The van der Waals surface area contributed by atoms with Crippen LogP contribution in [0.5, 0.6) is 5.75 Å². The van der Waals surface area contributed by atoms with E-state index in [4.69, 9.17) is 4.74 Å². The standard InChI is InChI=1S/C21H19FN2O3S2/c1-12-19(13(2)25)29-21(23-12)24(16-6-7-16)20(26)18-8-14(11-28-18)10-27-17-5-3-4-15(22)9-17/h3-5,8-9,11,16H,6-7,10H2,1-2H3. The van der Waals surface area contributed by atoms with Gasteiger partial charge in [-0.2, -0.15) is 0 Å². The molecule has 29 heavy (non-hydrogen) atoms. The van der Waals surface area contributed by atoms with Gasteiger partial charge in [-0.1, -0.05) is 17.4 Å². The highest BCUT2D eigenvalue weighted by Gasteiger charge is 2.37. The Morgan fingerprint density at radius 3 is 2.76 bits per heavy atom. The summed E-state index contributed by atoms with van der Waals surface area (Å²) in [7, 11) is 0. The van der Waals surface area contributed by atoms with Gasteiger partial charge in [-0.15, -0.1) is 11.3 Å². The molecular weight excluding hydrogens is 411 g/mol. The lowest BCUT2D eigenvalue weighted by molar-refractivity contribution is 0.0986. The summed E-state index contributed by atoms with van der Waals surface area (Å²) in [5, 5.41) is 2.44. The Kier molecular flexibility index (Phi) is 5.47. The minimum absolute atomic E-state index is 0.0395. The molecule has 0 atom stereocenters. The lowest BCUT2D eigenvalue weighted by atomic mass is 10.3. The quantitative estimate of drug-likeness (QED) is 0.481. The number of nitrogens with zero attached hydrogens (tertiary/aromatic N) is 2. The van der Waals surface area contributed by atoms with Gasteiger partial charge in [-0.05, 0) is 43.3 Å². The second kappa shape index (κ2) is 8.04. The third kappa shape index (κ3) is 4.38. The molecule has 1 aromatic carbocycles. The number of thiophene rings is 1. The van der Waals surface area contributed by atoms with Crippen LogP contribution in [0.25, 0.3) is 0 Å². The van der Waals surface area contributed by atoms with Gasteiger partial charge in [0.1, 0.15) is 18.2 Å². The first-order valence-electron chi connectivity index (χ1n) is 9.20. The molecule has 0 bridgehead atoms. The first-order chi connectivity index (χ1) is 13.9. The average Bonchev–Trinajstić information content (AvgIpc) is 3.25. The van der Waals surface area contributed by atoms with Crippen LogP contribution in [0, 0.1) is 12.7 Å². The number of hydrogen-bond acceptors (Lipinski definition) is 6. The van der Waals surface area contributed by atoms with E-state index in [-0.39, 0.29) is 30.2 Å². The van der Waals surface area contributed by atoms with Crippen molar-refractivity contribution in [3.63, 3.8) is 0 Å². The topological polar surface area (TPSA) is 59.5 Å². The summed E-state index contributed by atoms with van der Waals surface area (Å²) in [5.41, 5.74) is 1.50. The molecule has 8 heteroatoms. The Bertz CT molecular complexity index is 1070. The monoisotopic (exact) mass is 430 g/mol. The highest BCUT2D eigenvalue weighted by atomic mass is 32.1. The van der Waals surface area contributed by atoms with Crippen molar-refractivity contribution in [2.45, 2.75) is 39.3 Å². The van der Waals surface area contributed by atoms with Crippen LogP contribution >= 0.6 is 22.7 Å². The SMILES string of the molecule is CC(=O)c1sc(N(C(=O)c2cc(COc3cccc(F)c3)cs2)C2CC2)nc1C. The predicted molar refractivity (Wildman–Crippen MR) is 112 cm³/mol. The lowest BCUT2D eigenvalue weighted by Gasteiger charge is -2.18. The molecule has 2 heterocycles. The van der Waals surface area contributed by atoms with Gasteiger partial charge in [-0.3, -0.25) is 14.5 Å². The number of aromatic nitrogens is 1. The number of benzene rings is 1. The highest BCUT2D eigenvalue weighted by molar-refractivity contribution is 7.18. The number of ether oxygens (including phenoxy) is 1. The Balaban J connectivity index is 1.50. The van der Waals surface area contributed by atoms with Crippen molar-refractivity contribution in [1.82, 2.24) is 4.98 Å². The van der Waals surface area contributed by atoms with Gasteiger partial charge in [-0.25, -0.2) is 9.37 Å². The van der Waals surface area contributed by atoms with E-state index in [1.54, 1.807) is 30.0 Å². The van der Waals surface area contributed by atoms with Gasteiger partial charge in [0.25, 0.3) is 5.91 Å². The molecule has 4 rings (SSSR count). The highest BCUT2D eigenvalue weighted by Crippen LogP contribution is 2.37. The first-order valence-corrected chi connectivity index (χ1v) is 10.9. The number of rotatable bonds is 7. The second-order valence-corrected chi connectivity index (χ2v) is 8.83. The van der Waals surface area contributed by atoms with E-state index in [1.807, 2.05) is 5.38 Å². The van der Waals surface area contributed by atoms with Gasteiger partial charge in [0.2, 0.25) is 0 Å².